The number of nitrogens with one attached hydrogen (secondary N) is 2. The van der Waals surface area contributed by atoms with Gasteiger partial charge in [-0.15, -0.1) is 0 Å². The molecule has 0 bridgehead atoms. The lowest BCUT2D eigenvalue weighted by atomic mass is 10.2. The molecule has 1 rings (SSSR count). The van der Waals surface area contributed by atoms with Crippen LogP contribution in [0.2, 0.25) is 0 Å². The Morgan fingerprint density at radius 3 is 2.47 bits per heavy atom. The summed E-state index contributed by atoms with van der Waals surface area (Å²) >= 11 is 0. The first-order valence-corrected chi connectivity index (χ1v) is 6.23. The number of rotatable bonds is 3. The minimum atomic E-state index is -3.31. The number of hydrogen-bond acceptors (Lipinski definition) is 3. The number of hydrogen-bond donors (Lipinski definition) is 2. The zero-order chi connectivity index (χ0) is 11.7. The van der Waals surface area contributed by atoms with Crippen LogP contribution < -0.4 is 4.72 Å². The van der Waals surface area contributed by atoms with Crippen LogP contribution in [0.3, 0.4) is 0 Å². The minimum Gasteiger partial charge on any atom is -0.285 e. The van der Waals surface area contributed by atoms with Gasteiger partial charge in [-0.2, -0.15) is 5.10 Å². The molecule has 0 aliphatic rings. The molecule has 0 saturated heterocycles. The maximum absolute atomic E-state index is 11.8. The highest BCUT2D eigenvalue weighted by atomic mass is 32.2. The highest BCUT2D eigenvalue weighted by Gasteiger charge is 2.30. The average molecular weight is 231 g/mol. The van der Waals surface area contributed by atoms with Crippen LogP contribution >= 0.6 is 0 Å². The molecule has 6 heteroatoms. The van der Waals surface area contributed by atoms with Crippen LogP contribution in [0.15, 0.2) is 12.4 Å². The van der Waals surface area contributed by atoms with E-state index in [0.717, 1.165) is 5.56 Å². The summed E-state index contributed by atoms with van der Waals surface area (Å²) in [6.45, 7) is 6.78. The fourth-order valence-electron chi connectivity index (χ4n) is 0.975. The number of aromatic amines is 1. The molecule has 1 aromatic rings. The Hall–Kier alpha value is -0.880. The average Bonchev–Trinajstić information content (AvgIpc) is 2.51. The second kappa shape index (κ2) is 3.94. The van der Waals surface area contributed by atoms with Crippen molar-refractivity contribution >= 4 is 10.0 Å². The number of H-pyrrole nitrogens is 1. The van der Waals surface area contributed by atoms with Gasteiger partial charge in [0, 0.05) is 17.8 Å². The number of nitrogens with zero attached hydrogens (tertiary/aromatic N) is 1. The van der Waals surface area contributed by atoms with E-state index in [9.17, 15) is 8.42 Å². The molecule has 0 amide bonds. The van der Waals surface area contributed by atoms with Gasteiger partial charge in [-0.1, -0.05) is 0 Å². The van der Waals surface area contributed by atoms with E-state index in [2.05, 4.69) is 14.9 Å². The van der Waals surface area contributed by atoms with Gasteiger partial charge >= 0.3 is 0 Å². The SMILES string of the molecule is CC(NS(=O)(=O)C(C)(C)C)c1cn[nH]c1. The Balaban J connectivity index is 2.80. The maximum Gasteiger partial charge on any atom is 0.217 e. The molecule has 5 nitrogen and oxygen atoms in total. The fourth-order valence-corrected chi connectivity index (χ4v) is 1.93. The summed E-state index contributed by atoms with van der Waals surface area (Å²) in [4.78, 5) is 0. The van der Waals surface area contributed by atoms with Crippen molar-refractivity contribution in [1.29, 1.82) is 0 Å². The summed E-state index contributed by atoms with van der Waals surface area (Å²) in [6.07, 6.45) is 3.28. The van der Waals surface area contributed by atoms with Crippen LogP contribution in [-0.2, 0) is 10.0 Å². The molecule has 15 heavy (non-hydrogen) atoms. The summed E-state index contributed by atoms with van der Waals surface area (Å²) in [5.74, 6) is 0. The Kier molecular flexibility index (Phi) is 3.20. The summed E-state index contributed by atoms with van der Waals surface area (Å²) in [7, 11) is -3.31. The standard InChI is InChI=1S/C9H17N3O2S/c1-7(8-5-10-11-6-8)12-15(13,14)9(2,3)4/h5-7,12H,1-4H3,(H,10,11). The van der Waals surface area contributed by atoms with Gasteiger partial charge in [0.05, 0.1) is 10.9 Å². The molecule has 2 N–H and O–H groups in total. The molecule has 0 saturated carbocycles. The van der Waals surface area contributed by atoms with Gasteiger partial charge in [0.1, 0.15) is 0 Å². The highest BCUT2D eigenvalue weighted by molar-refractivity contribution is 7.90. The number of aromatic nitrogens is 2. The van der Waals surface area contributed by atoms with E-state index >= 15 is 0 Å². The molecule has 86 valence electrons. The zero-order valence-corrected chi connectivity index (χ0v) is 10.2. The summed E-state index contributed by atoms with van der Waals surface area (Å²) in [5, 5.41) is 6.43. The predicted octanol–water partition coefficient (Wildman–Crippen LogP) is 1.19. The van der Waals surface area contributed by atoms with E-state index in [-0.39, 0.29) is 6.04 Å². The van der Waals surface area contributed by atoms with Crippen LogP contribution in [0.5, 0.6) is 0 Å². The lowest BCUT2D eigenvalue weighted by Crippen LogP contribution is -2.40. The third-order valence-corrected chi connectivity index (χ3v) is 4.43. The van der Waals surface area contributed by atoms with Crippen molar-refractivity contribution in [2.45, 2.75) is 38.5 Å². The normalized spacial score (nSPS) is 15.2. The van der Waals surface area contributed by atoms with Gasteiger partial charge in [0.2, 0.25) is 10.0 Å². The first-order valence-electron chi connectivity index (χ1n) is 4.74. The van der Waals surface area contributed by atoms with Crippen LogP contribution in [0.25, 0.3) is 0 Å². The lowest BCUT2D eigenvalue weighted by molar-refractivity contribution is 0.532. The molecular weight excluding hydrogens is 214 g/mol. The van der Waals surface area contributed by atoms with Crippen molar-refractivity contribution in [2.24, 2.45) is 0 Å². The largest absolute Gasteiger partial charge is 0.285 e. The molecule has 0 aliphatic heterocycles. The van der Waals surface area contributed by atoms with Crippen molar-refractivity contribution in [3.05, 3.63) is 18.0 Å². The Bertz CT molecular complexity index is 403. The predicted molar refractivity (Wildman–Crippen MR) is 58.8 cm³/mol. The Morgan fingerprint density at radius 2 is 2.07 bits per heavy atom. The van der Waals surface area contributed by atoms with Crippen molar-refractivity contribution in [3.8, 4) is 0 Å². The summed E-state index contributed by atoms with van der Waals surface area (Å²) in [5.41, 5.74) is 0.822. The van der Waals surface area contributed by atoms with Crippen LogP contribution in [-0.4, -0.2) is 23.4 Å². The van der Waals surface area contributed by atoms with Gasteiger partial charge in [-0.3, -0.25) is 5.10 Å². The van der Waals surface area contributed by atoms with Gasteiger partial charge in [0.25, 0.3) is 0 Å². The summed E-state index contributed by atoms with van der Waals surface area (Å²) < 4.78 is 25.4. The molecule has 1 atom stereocenters. The van der Waals surface area contributed by atoms with Gasteiger partial charge in [-0.25, -0.2) is 13.1 Å². The van der Waals surface area contributed by atoms with Crippen molar-refractivity contribution in [1.82, 2.24) is 14.9 Å². The zero-order valence-electron chi connectivity index (χ0n) is 9.40. The first-order chi connectivity index (χ1) is 6.74. The molecule has 0 fully saturated rings. The topological polar surface area (TPSA) is 74.8 Å². The molecule has 0 radical (unpaired) electrons. The van der Waals surface area contributed by atoms with Gasteiger partial charge in [0.15, 0.2) is 0 Å². The first kappa shape index (κ1) is 12.2. The molecule has 1 heterocycles. The lowest BCUT2D eigenvalue weighted by Gasteiger charge is -2.22. The van der Waals surface area contributed by atoms with Crippen LogP contribution in [0, 0.1) is 0 Å². The van der Waals surface area contributed by atoms with Gasteiger partial charge in [-0.05, 0) is 27.7 Å². The molecule has 0 aliphatic carbocycles. The third kappa shape index (κ3) is 2.79. The van der Waals surface area contributed by atoms with Crippen LogP contribution in [0.4, 0.5) is 0 Å². The van der Waals surface area contributed by atoms with E-state index < -0.39 is 14.8 Å². The van der Waals surface area contributed by atoms with Crippen LogP contribution in [0.1, 0.15) is 39.3 Å². The highest BCUT2D eigenvalue weighted by Crippen LogP contribution is 2.18. The van der Waals surface area contributed by atoms with E-state index in [1.165, 1.54) is 0 Å². The van der Waals surface area contributed by atoms with Crippen molar-refractivity contribution in [2.75, 3.05) is 0 Å². The van der Waals surface area contributed by atoms with E-state index in [4.69, 9.17) is 0 Å². The molecule has 1 aromatic heterocycles. The Labute approximate surface area is 90.3 Å². The second-order valence-corrected chi connectivity index (χ2v) is 6.95. The second-order valence-electron chi connectivity index (χ2n) is 4.49. The third-order valence-electron chi connectivity index (χ3n) is 2.16. The number of sulfonamides is 1. The van der Waals surface area contributed by atoms with Crippen molar-refractivity contribution < 1.29 is 8.42 Å². The molecule has 1 unspecified atom stereocenters. The van der Waals surface area contributed by atoms with E-state index in [1.54, 1.807) is 40.1 Å². The fraction of sp³-hybridized carbons (Fsp3) is 0.667. The molecule has 0 aromatic carbocycles. The Morgan fingerprint density at radius 1 is 1.47 bits per heavy atom. The van der Waals surface area contributed by atoms with E-state index in [0.29, 0.717) is 0 Å². The monoisotopic (exact) mass is 231 g/mol. The van der Waals surface area contributed by atoms with Gasteiger partial charge < -0.3 is 0 Å². The maximum atomic E-state index is 11.8. The smallest absolute Gasteiger partial charge is 0.217 e. The molecule has 0 spiro atoms. The quantitative estimate of drug-likeness (QED) is 0.820. The minimum absolute atomic E-state index is 0.270. The van der Waals surface area contributed by atoms with Crippen molar-refractivity contribution in [3.63, 3.8) is 0 Å². The summed E-state index contributed by atoms with van der Waals surface area (Å²) in [6, 6.07) is -0.270. The molecular formula is C9H17N3O2S. The van der Waals surface area contributed by atoms with E-state index in [1.807, 2.05) is 0 Å².